The number of hydrogen-bond acceptors (Lipinski definition) is 4. The molecule has 0 unspecified atom stereocenters. The molecular weight excluding hydrogens is 204 g/mol. The van der Waals surface area contributed by atoms with E-state index in [9.17, 15) is 4.79 Å². The summed E-state index contributed by atoms with van der Waals surface area (Å²) < 4.78 is 4.96. The fraction of sp³-hybridized carbons (Fsp3) is 0.417. The summed E-state index contributed by atoms with van der Waals surface area (Å²) >= 11 is 0. The Bertz CT molecular complexity index is 416. The molecule has 1 aromatic heterocycles. The second kappa shape index (κ2) is 4.88. The van der Waals surface area contributed by atoms with Crippen LogP contribution in [0.4, 0.5) is 0 Å². The normalized spacial score (nSPS) is 10.0. The maximum Gasteiger partial charge on any atom is 0.340 e. The Morgan fingerprint density at radius 3 is 2.56 bits per heavy atom. The highest BCUT2D eigenvalue weighted by molar-refractivity contribution is 5.97. The molecule has 0 amide bonds. The first-order valence-corrected chi connectivity index (χ1v) is 5.18. The standard InChI is InChI=1S/C12H16N2O2/c1-5-16-12(15)11-7(2)6-10(8(3)13)14-9(11)4/h6,13H,5H2,1-4H3. The highest BCUT2D eigenvalue weighted by Gasteiger charge is 2.15. The number of aromatic nitrogens is 1. The van der Waals surface area contributed by atoms with E-state index in [1.807, 2.05) is 6.92 Å². The van der Waals surface area contributed by atoms with Crippen molar-refractivity contribution in [3.63, 3.8) is 0 Å². The Balaban J connectivity index is 3.22. The number of esters is 1. The van der Waals surface area contributed by atoms with E-state index < -0.39 is 0 Å². The van der Waals surface area contributed by atoms with Crippen LogP contribution in [-0.4, -0.2) is 23.3 Å². The zero-order chi connectivity index (χ0) is 12.3. The smallest absolute Gasteiger partial charge is 0.340 e. The summed E-state index contributed by atoms with van der Waals surface area (Å²) in [4.78, 5) is 15.9. The van der Waals surface area contributed by atoms with Crippen LogP contribution in [-0.2, 0) is 4.74 Å². The van der Waals surface area contributed by atoms with Crippen LogP contribution in [0.5, 0.6) is 0 Å². The van der Waals surface area contributed by atoms with Crippen LogP contribution < -0.4 is 0 Å². The first kappa shape index (κ1) is 12.4. The van der Waals surface area contributed by atoms with Crippen molar-refractivity contribution >= 4 is 11.7 Å². The topological polar surface area (TPSA) is 63.0 Å². The zero-order valence-corrected chi connectivity index (χ0v) is 10.0. The molecule has 0 aliphatic rings. The lowest BCUT2D eigenvalue weighted by Crippen LogP contribution is -2.12. The quantitative estimate of drug-likeness (QED) is 0.627. The van der Waals surface area contributed by atoms with Crippen LogP contribution in [0, 0.1) is 19.3 Å². The van der Waals surface area contributed by atoms with E-state index in [0.29, 0.717) is 29.3 Å². The molecule has 4 nitrogen and oxygen atoms in total. The van der Waals surface area contributed by atoms with Gasteiger partial charge in [-0.3, -0.25) is 4.98 Å². The SMILES string of the molecule is CCOC(=O)c1c(C)cc(C(C)=N)nc1C. The minimum Gasteiger partial charge on any atom is -0.462 e. The van der Waals surface area contributed by atoms with Crippen molar-refractivity contribution in [2.45, 2.75) is 27.7 Å². The second-order valence-electron chi connectivity index (χ2n) is 3.63. The molecular formula is C12H16N2O2. The summed E-state index contributed by atoms with van der Waals surface area (Å²) in [6, 6.07) is 1.74. The van der Waals surface area contributed by atoms with Crippen molar-refractivity contribution in [2.75, 3.05) is 6.61 Å². The Morgan fingerprint density at radius 2 is 2.12 bits per heavy atom. The number of aryl methyl sites for hydroxylation is 2. The Morgan fingerprint density at radius 1 is 1.50 bits per heavy atom. The third-order valence-electron chi connectivity index (χ3n) is 2.26. The van der Waals surface area contributed by atoms with Crippen LogP contribution in [0.15, 0.2) is 6.07 Å². The summed E-state index contributed by atoms with van der Waals surface area (Å²) in [6.07, 6.45) is 0. The van der Waals surface area contributed by atoms with Gasteiger partial charge in [-0.05, 0) is 39.3 Å². The third kappa shape index (κ3) is 2.45. The predicted octanol–water partition coefficient (Wildman–Crippen LogP) is 2.26. The zero-order valence-electron chi connectivity index (χ0n) is 10.0. The molecule has 0 fully saturated rings. The average molecular weight is 220 g/mol. The predicted molar refractivity (Wildman–Crippen MR) is 62.2 cm³/mol. The van der Waals surface area contributed by atoms with Gasteiger partial charge in [0.05, 0.1) is 29.3 Å². The molecule has 16 heavy (non-hydrogen) atoms. The maximum absolute atomic E-state index is 11.7. The van der Waals surface area contributed by atoms with E-state index in [2.05, 4.69) is 4.98 Å². The molecule has 0 spiro atoms. The van der Waals surface area contributed by atoms with Gasteiger partial charge in [-0.15, -0.1) is 0 Å². The lowest BCUT2D eigenvalue weighted by molar-refractivity contribution is 0.0524. The van der Waals surface area contributed by atoms with Crippen LogP contribution >= 0.6 is 0 Å². The number of nitrogens with one attached hydrogen (secondary N) is 1. The molecule has 1 aromatic rings. The number of ether oxygens (including phenoxy) is 1. The minimum atomic E-state index is -0.348. The second-order valence-corrected chi connectivity index (χ2v) is 3.63. The molecule has 0 radical (unpaired) electrons. The number of pyridine rings is 1. The van der Waals surface area contributed by atoms with Gasteiger partial charge >= 0.3 is 5.97 Å². The summed E-state index contributed by atoms with van der Waals surface area (Å²) in [5.74, 6) is -0.348. The van der Waals surface area contributed by atoms with Gasteiger partial charge in [0.15, 0.2) is 0 Å². The Kier molecular flexibility index (Phi) is 3.77. The van der Waals surface area contributed by atoms with Crippen LogP contribution in [0.3, 0.4) is 0 Å². The van der Waals surface area contributed by atoms with Gasteiger partial charge in [0.25, 0.3) is 0 Å². The van der Waals surface area contributed by atoms with Gasteiger partial charge in [0.1, 0.15) is 0 Å². The molecule has 4 heteroatoms. The molecule has 86 valence electrons. The minimum absolute atomic E-state index is 0.348. The number of carbonyl (C=O) groups is 1. The maximum atomic E-state index is 11.7. The summed E-state index contributed by atoms with van der Waals surface area (Å²) in [5.41, 5.74) is 2.91. The molecule has 0 aliphatic carbocycles. The molecule has 0 aliphatic heterocycles. The largest absolute Gasteiger partial charge is 0.462 e. The molecule has 0 aromatic carbocycles. The van der Waals surface area contributed by atoms with Crippen molar-refractivity contribution in [2.24, 2.45) is 0 Å². The fourth-order valence-electron chi connectivity index (χ4n) is 1.54. The first-order chi connectivity index (χ1) is 7.47. The number of rotatable bonds is 3. The summed E-state index contributed by atoms with van der Waals surface area (Å²) in [6.45, 7) is 7.37. The van der Waals surface area contributed by atoms with E-state index in [1.54, 1.807) is 26.8 Å². The van der Waals surface area contributed by atoms with E-state index in [0.717, 1.165) is 5.56 Å². The van der Waals surface area contributed by atoms with E-state index in [1.165, 1.54) is 0 Å². The molecule has 0 saturated carbocycles. The fourth-order valence-corrected chi connectivity index (χ4v) is 1.54. The number of hydrogen-bond donors (Lipinski definition) is 1. The van der Waals surface area contributed by atoms with Crippen LogP contribution in [0.2, 0.25) is 0 Å². The van der Waals surface area contributed by atoms with Gasteiger partial charge in [-0.2, -0.15) is 0 Å². The Labute approximate surface area is 95.2 Å². The molecule has 0 saturated heterocycles. The molecule has 0 bridgehead atoms. The highest BCUT2D eigenvalue weighted by Crippen LogP contribution is 2.15. The summed E-state index contributed by atoms with van der Waals surface area (Å²) in [7, 11) is 0. The van der Waals surface area contributed by atoms with Crippen LogP contribution in [0.25, 0.3) is 0 Å². The third-order valence-corrected chi connectivity index (χ3v) is 2.26. The Hall–Kier alpha value is -1.71. The van der Waals surface area contributed by atoms with Gasteiger partial charge < -0.3 is 10.1 Å². The number of nitrogens with zero attached hydrogens (tertiary/aromatic N) is 1. The van der Waals surface area contributed by atoms with Crippen molar-refractivity contribution in [3.8, 4) is 0 Å². The van der Waals surface area contributed by atoms with Gasteiger partial charge in [0.2, 0.25) is 0 Å². The van der Waals surface area contributed by atoms with Gasteiger partial charge in [-0.25, -0.2) is 4.79 Å². The highest BCUT2D eigenvalue weighted by atomic mass is 16.5. The van der Waals surface area contributed by atoms with Gasteiger partial charge in [-0.1, -0.05) is 0 Å². The van der Waals surface area contributed by atoms with E-state index in [4.69, 9.17) is 10.1 Å². The first-order valence-electron chi connectivity index (χ1n) is 5.18. The monoisotopic (exact) mass is 220 g/mol. The molecule has 1 heterocycles. The summed E-state index contributed by atoms with van der Waals surface area (Å²) in [5, 5.41) is 7.51. The molecule has 0 atom stereocenters. The van der Waals surface area contributed by atoms with Crippen molar-refractivity contribution in [3.05, 3.63) is 28.6 Å². The number of carbonyl (C=O) groups excluding carboxylic acids is 1. The van der Waals surface area contributed by atoms with Crippen LogP contribution in [0.1, 0.15) is 41.2 Å². The van der Waals surface area contributed by atoms with Crippen molar-refractivity contribution < 1.29 is 9.53 Å². The molecule has 1 N–H and O–H groups in total. The van der Waals surface area contributed by atoms with E-state index >= 15 is 0 Å². The van der Waals surface area contributed by atoms with E-state index in [-0.39, 0.29) is 5.97 Å². The van der Waals surface area contributed by atoms with Crippen molar-refractivity contribution in [1.82, 2.24) is 4.98 Å². The van der Waals surface area contributed by atoms with Gasteiger partial charge in [0, 0.05) is 0 Å². The average Bonchev–Trinajstić information content (AvgIpc) is 2.16. The lowest BCUT2D eigenvalue weighted by Gasteiger charge is -2.10. The molecule has 1 rings (SSSR count). The lowest BCUT2D eigenvalue weighted by atomic mass is 10.1. The van der Waals surface area contributed by atoms with Crippen molar-refractivity contribution in [1.29, 1.82) is 5.41 Å².